The number of hydrogen-bond donors (Lipinski definition) is 3. The fourth-order valence-electron chi connectivity index (χ4n) is 1.75. The highest BCUT2D eigenvalue weighted by Gasteiger charge is 2.12. The number of rotatable bonds is 8. The molecule has 3 N–H and O–H groups in total. The lowest BCUT2D eigenvalue weighted by Crippen LogP contribution is -2.39. The lowest BCUT2D eigenvalue weighted by molar-refractivity contribution is -0.121. The first kappa shape index (κ1) is 18.0. The molecule has 0 saturated heterocycles. The van der Waals surface area contributed by atoms with Crippen molar-refractivity contribution < 1.29 is 14.3 Å². The molecule has 1 aromatic rings. The number of hydrogen-bond acceptors (Lipinski definition) is 4. The quantitative estimate of drug-likeness (QED) is 0.685. The van der Waals surface area contributed by atoms with Crippen LogP contribution in [0.2, 0.25) is 0 Å². The van der Waals surface area contributed by atoms with Crippen LogP contribution < -0.4 is 16.0 Å². The molecule has 1 aromatic carbocycles. The van der Waals surface area contributed by atoms with Crippen LogP contribution in [-0.2, 0) is 14.3 Å². The predicted molar refractivity (Wildman–Crippen MR) is 87.9 cm³/mol. The topological polar surface area (TPSA) is 79.5 Å². The van der Waals surface area contributed by atoms with Crippen molar-refractivity contribution in [2.75, 3.05) is 30.9 Å². The number of anilines is 2. The Bertz CT molecular complexity index is 486. The van der Waals surface area contributed by atoms with Gasteiger partial charge in [-0.3, -0.25) is 9.59 Å². The normalized spacial score (nSPS) is 11.9. The zero-order valence-corrected chi connectivity index (χ0v) is 13.6. The van der Waals surface area contributed by atoms with Crippen LogP contribution in [-0.4, -0.2) is 38.1 Å². The summed E-state index contributed by atoms with van der Waals surface area (Å²) in [4.78, 5) is 23.3. The van der Waals surface area contributed by atoms with Crippen LogP contribution in [0.1, 0.15) is 20.8 Å². The van der Waals surface area contributed by atoms with Crippen molar-refractivity contribution in [3.05, 3.63) is 24.3 Å². The highest BCUT2D eigenvalue weighted by molar-refractivity contribution is 5.92. The minimum absolute atomic E-state index is 0.0209. The number of amides is 2. The highest BCUT2D eigenvalue weighted by atomic mass is 16.5. The van der Waals surface area contributed by atoms with Gasteiger partial charge in [0.15, 0.2) is 0 Å². The van der Waals surface area contributed by atoms with Gasteiger partial charge in [0, 0.05) is 25.0 Å². The molecule has 0 spiro atoms. The molecular weight excluding hydrogens is 282 g/mol. The van der Waals surface area contributed by atoms with Crippen LogP contribution >= 0.6 is 0 Å². The van der Waals surface area contributed by atoms with Crippen LogP contribution in [0, 0.1) is 5.92 Å². The predicted octanol–water partition coefficient (Wildman–Crippen LogP) is 1.84. The molecule has 1 atom stereocenters. The van der Waals surface area contributed by atoms with Crippen molar-refractivity contribution in [1.82, 2.24) is 5.32 Å². The number of nitrogens with one attached hydrogen (secondary N) is 3. The fourth-order valence-corrected chi connectivity index (χ4v) is 1.75. The van der Waals surface area contributed by atoms with Crippen LogP contribution in [0.25, 0.3) is 0 Å². The summed E-state index contributed by atoms with van der Waals surface area (Å²) >= 11 is 0. The Kier molecular flexibility index (Phi) is 7.39. The summed E-state index contributed by atoms with van der Waals surface area (Å²) in [6.45, 7) is 6.59. The second-order valence-corrected chi connectivity index (χ2v) is 5.56. The van der Waals surface area contributed by atoms with Crippen LogP contribution in [0.5, 0.6) is 0 Å². The zero-order chi connectivity index (χ0) is 16.5. The van der Waals surface area contributed by atoms with Gasteiger partial charge in [-0.25, -0.2) is 0 Å². The third-order valence-electron chi connectivity index (χ3n) is 2.91. The summed E-state index contributed by atoms with van der Waals surface area (Å²) in [7, 11) is 1.47. The van der Waals surface area contributed by atoms with Gasteiger partial charge in [0.25, 0.3) is 0 Å². The van der Waals surface area contributed by atoms with Gasteiger partial charge in [-0.1, -0.05) is 13.8 Å². The Morgan fingerprint density at radius 2 is 1.68 bits per heavy atom. The average molecular weight is 307 g/mol. The molecular formula is C16H25N3O3. The van der Waals surface area contributed by atoms with Gasteiger partial charge >= 0.3 is 0 Å². The van der Waals surface area contributed by atoms with E-state index in [0.717, 1.165) is 5.69 Å². The summed E-state index contributed by atoms with van der Waals surface area (Å²) in [6.07, 6.45) is 0. The molecule has 6 nitrogen and oxygen atoms in total. The maximum absolute atomic E-state index is 11.9. The van der Waals surface area contributed by atoms with E-state index in [9.17, 15) is 9.59 Å². The van der Waals surface area contributed by atoms with Crippen molar-refractivity contribution in [3.63, 3.8) is 0 Å². The summed E-state index contributed by atoms with van der Waals surface area (Å²) in [5.74, 6) is 0.182. The lowest BCUT2D eigenvalue weighted by Gasteiger charge is -2.16. The summed E-state index contributed by atoms with van der Waals surface area (Å²) in [5.41, 5.74) is 1.50. The number of benzene rings is 1. The third kappa shape index (κ3) is 6.58. The summed E-state index contributed by atoms with van der Waals surface area (Å²) in [6, 6.07) is 6.85. The molecule has 0 radical (unpaired) electrons. The third-order valence-corrected chi connectivity index (χ3v) is 2.91. The largest absolute Gasteiger partial charge is 0.375 e. The summed E-state index contributed by atoms with van der Waals surface area (Å²) < 4.78 is 4.75. The number of carbonyl (C=O) groups is 2. The van der Waals surface area contributed by atoms with Crippen LogP contribution in [0.3, 0.4) is 0 Å². The molecule has 6 heteroatoms. The van der Waals surface area contributed by atoms with Crippen molar-refractivity contribution in [2.24, 2.45) is 5.92 Å². The number of carbonyl (C=O) groups excluding carboxylic acids is 2. The monoisotopic (exact) mass is 307 g/mol. The SMILES string of the molecule is COCC(=O)Nc1ccc(N[C@@H](C)C(=O)NCC(C)C)cc1. The van der Waals surface area contributed by atoms with Gasteiger partial charge in [-0.05, 0) is 37.1 Å². The first-order valence-electron chi connectivity index (χ1n) is 7.35. The van der Waals surface area contributed by atoms with E-state index in [0.29, 0.717) is 18.2 Å². The number of ether oxygens (including phenoxy) is 1. The van der Waals surface area contributed by atoms with Crippen molar-refractivity contribution in [3.8, 4) is 0 Å². The molecule has 0 heterocycles. The van der Waals surface area contributed by atoms with Gasteiger partial charge in [0.1, 0.15) is 12.6 Å². The van der Waals surface area contributed by atoms with Crippen molar-refractivity contribution in [2.45, 2.75) is 26.8 Å². The van der Waals surface area contributed by atoms with Crippen LogP contribution in [0.15, 0.2) is 24.3 Å². The highest BCUT2D eigenvalue weighted by Crippen LogP contribution is 2.14. The van der Waals surface area contributed by atoms with E-state index in [1.165, 1.54) is 7.11 Å². The molecule has 0 fully saturated rings. The van der Waals surface area contributed by atoms with E-state index in [1.807, 2.05) is 19.1 Å². The van der Waals surface area contributed by atoms with E-state index >= 15 is 0 Å². The van der Waals surface area contributed by atoms with Gasteiger partial charge in [0.2, 0.25) is 11.8 Å². The Hall–Kier alpha value is -2.08. The van der Waals surface area contributed by atoms with Crippen molar-refractivity contribution in [1.29, 1.82) is 0 Å². The lowest BCUT2D eigenvalue weighted by atomic mass is 10.2. The van der Waals surface area contributed by atoms with Gasteiger partial charge in [-0.15, -0.1) is 0 Å². The number of methoxy groups -OCH3 is 1. The molecule has 0 aliphatic rings. The Balaban J connectivity index is 2.49. The summed E-state index contributed by atoms with van der Waals surface area (Å²) in [5, 5.41) is 8.71. The van der Waals surface area contributed by atoms with E-state index in [4.69, 9.17) is 4.74 Å². The van der Waals surface area contributed by atoms with E-state index < -0.39 is 0 Å². The Morgan fingerprint density at radius 3 is 2.23 bits per heavy atom. The standard InChI is InChI=1S/C16H25N3O3/c1-11(2)9-17-16(21)12(3)18-13-5-7-14(8-6-13)19-15(20)10-22-4/h5-8,11-12,18H,9-10H2,1-4H3,(H,17,21)(H,19,20)/t12-/m0/s1. The molecule has 0 unspecified atom stereocenters. The minimum Gasteiger partial charge on any atom is -0.375 e. The van der Waals surface area contributed by atoms with Gasteiger partial charge in [-0.2, -0.15) is 0 Å². The maximum atomic E-state index is 11.9. The molecule has 1 rings (SSSR count). The molecule has 2 amide bonds. The van der Waals surface area contributed by atoms with E-state index in [-0.39, 0.29) is 24.5 Å². The molecule has 0 aliphatic carbocycles. The second-order valence-electron chi connectivity index (χ2n) is 5.56. The molecule has 22 heavy (non-hydrogen) atoms. The first-order chi connectivity index (χ1) is 10.4. The van der Waals surface area contributed by atoms with Gasteiger partial charge < -0.3 is 20.7 Å². The fraction of sp³-hybridized carbons (Fsp3) is 0.500. The van der Waals surface area contributed by atoms with E-state index in [2.05, 4.69) is 29.8 Å². The smallest absolute Gasteiger partial charge is 0.250 e. The zero-order valence-electron chi connectivity index (χ0n) is 13.6. The first-order valence-corrected chi connectivity index (χ1v) is 7.35. The van der Waals surface area contributed by atoms with Gasteiger partial charge in [0.05, 0.1) is 0 Å². The molecule has 0 saturated carbocycles. The molecule has 0 bridgehead atoms. The van der Waals surface area contributed by atoms with Crippen molar-refractivity contribution >= 4 is 23.2 Å². The maximum Gasteiger partial charge on any atom is 0.250 e. The molecule has 0 aliphatic heterocycles. The second kappa shape index (κ2) is 9.04. The average Bonchev–Trinajstić information content (AvgIpc) is 2.46. The Labute approximate surface area is 131 Å². The molecule has 122 valence electrons. The minimum atomic E-state index is -0.326. The van der Waals surface area contributed by atoms with Crippen LogP contribution in [0.4, 0.5) is 11.4 Å². The molecule has 0 aromatic heterocycles. The van der Waals surface area contributed by atoms with E-state index in [1.54, 1.807) is 12.1 Å². The Morgan fingerprint density at radius 1 is 1.09 bits per heavy atom.